The number of halogens is 1. The average molecular weight is 541 g/mol. The van der Waals surface area contributed by atoms with Crippen LogP contribution in [0.3, 0.4) is 0 Å². The fraction of sp³-hybridized carbons (Fsp3) is 0.286. The number of carbonyl (C=O) groups is 2. The molecule has 0 saturated heterocycles. The Hall–Kier alpha value is -3.76. The third-order valence-electron chi connectivity index (χ3n) is 6.25. The van der Waals surface area contributed by atoms with Crippen molar-refractivity contribution in [3.05, 3.63) is 101 Å². The van der Waals surface area contributed by atoms with E-state index in [9.17, 15) is 22.4 Å². The Morgan fingerprint density at radius 3 is 2.11 bits per heavy atom. The minimum absolute atomic E-state index is 0.0930. The molecule has 1 N–H and O–H groups in total. The van der Waals surface area contributed by atoms with E-state index in [0.717, 1.165) is 37.4 Å². The second kappa shape index (κ2) is 12.7. The fourth-order valence-corrected chi connectivity index (χ4v) is 5.07. The molecule has 3 aromatic rings. The van der Waals surface area contributed by atoms with Crippen molar-refractivity contribution in [3.8, 4) is 0 Å². The third kappa shape index (κ3) is 6.96. The number of carbonyl (C=O) groups excluding carboxylic acids is 2. The van der Waals surface area contributed by atoms with Gasteiger partial charge in [-0.2, -0.15) is 12.7 Å². The van der Waals surface area contributed by atoms with Gasteiger partial charge < -0.3 is 10.2 Å². The molecule has 0 fully saturated rings. The highest BCUT2D eigenvalue weighted by Crippen LogP contribution is 2.22. The van der Waals surface area contributed by atoms with Gasteiger partial charge in [0, 0.05) is 34.1 Å². The molecule has 0 aliphatic rings. The summed E-state index contributed by atoms with van der Waals surface area (Å²) in [5.74, 6) is -1.49. The molecule has 0 heterocycles. The Labute approximate surface area is 223 Å². The van der Waals surface area contributed by atoms with Crippen LogP contribution in [-0.4, -0.2) is 63.2 Å². The standard InChI is InChI=1S/C28H33FN4O4S/c1-21-10-8-9-13-23(21)19-32(26(28(35)30-2)18-22-11-6-5-7-12-22)27(34)20-33(38(36,37)31(3)4)25-16-14-24(29)15-17-25/h5-17,26H,18-20H2,1-4H3,(H,30,35)/t26-/m0/s1. The van der Waals surface area contributed by atoms with Gasteiger partial charge in [0.2, 0.25) is 11.8 Å². The van der Waals surface area contributed by atoms with E-state index in [2.05, 4.69) is 5.32 Å². The number of benzene rings is 3. The van der Waals surface area contributed by atoms with Gasteiger partial charge in [0.15, 0.2) is 0 Å². The number of nitrogens with one attached hydrogen (secondary N) is 1. The molecular formula is C28H33FN4O4S. The molecule has 10 heteroatoms. The zero-order valence-corrected chi connectivity index (χ0v) is 22.8. The van der Waals surface area contributed by atoms with Crippen LogP contribution in [0.15, 0.2) is 78.9 Å². The summed E-state index contributed by atoms with van der Waals surface area (Å²) in [4.78, 5) is 28.5. The van der Waals surface area contributed by atoms with Crippen molar-refractivity contribution in [2.24, 2.45) is 0 Å². The van der Waals surface area contributed by atoms with Crippen molar-refractivity contribution >= 4 is 27.7 Å². The van der Waals surface area contributed by atoms with Crippen LogP contribution < -0.4 is 9.62 Å². The first-order valence-electron chi connectivity index (χ1n) is 12.1. The van der Waals surface area contributed by atoms with Gasteiger partial charge in [0.1, 0.15) is 18.4 Å². The summed E-state index contributed by atoms with van der Waals surface area (Å²) in [7, 11) is 0.0721. The van der Waals surface area contributed by atoms with Gasteiger partial charge in [-0.3, -0.25) is 9.59 Å². The van der Waals surface area contributed by atoms with Crippen LogP contribution in [0.2, 0.25) is 0 Å². The van der Waals surface area contributed by atoms with Gasteiger partial charge in [0.25, 0.3) is 0 Å². The van der Waals surface area contributed by atoms with Crippen LogP contribution in [0.4, 0.5) is 10.1 Å². The van der Waals surface area contributed by atoms with Crippen molar-refractivity contribution in [3.63, 3.8) is 0 Å². The molecule has 0 unspecified atom stereocenters. The lowest BCUT2D eigenvalue weighted by Crippen LogP contribution is -2.54. The molecule has 3 rings (SSSR count). The van der Waals surface area contributed by atoms with E-state index in [0.29, 0.717) is 0 Å². The largest absolute Gasteiger partial charge is 0.357 e. The second-order valence-corrected chi connectivity index (χ2v) is 11.1. The van der Waals surface area contributed by atoms with Crippen molar-refractivity contribution < 1.29 is 22.4 Å². The lowest BCUT2D eigenvalue weighted by Gasteiger charge is -2.34. The SMILES string of the molecule is CNC(=O)[C@H](Cc1ccccc1)N(Cc1ccccc1C)C(=O)CN(c1ccc(F)cc1)S(=O)(=O)N(C)C. The highest BCUT2D eigenvalue weighted by Gasteiger charge is 2.34. The summed E-state index contributed by atoms with van der Waals surface area (Å²) < 4.78 is 42.0. The molecular weight excluding hydrogens is 507 g/mol. The molecule has 0 aliphatic heterocycles. The topological polar surface area (TPSA) is 90.0 Å². The van der Waals surface area contributed by atoms with Crippen LogP contribution in [0, 0.1) is 12.7 Å². The molecule has 8 nitrogen and oxygen atoms in total. The van der Waals surface area contributed by atoms with Crippen molar-refractivity contribution in [2.75, 3.05) is 32.0 Å². The van der Waals surface area contributed by atoms with Gasteiger partial charge in [-0.15, -0.1) is 0 Å². The Morgan fingerprint density at radius 1 is 0.921 bits per heavy atom. The van der Waals surface area contributed by atoms with Gasteiger partial charge in [-0.1, -0.05) is 54.6 Å². The Morgan fingerprint density at radius 2 is 1.53 bits per heavy atom. The fourth-order valence-electron chi connectivity index (χ4n) is 4.02. The van der Waals surface area contributed by atoms with Crippen molar-refractivity contribution in [2.45, 2.75) is 25.9 Å². The van der Waals surface area contributed by atoms with Crippen LogP contribution in [0.5, 0.6) is 0 Å². The maximum Gasteiger partial charge on any atom is 0.304 e. The lowest BCUT2D eigenvalue weighted by molar-refractivity contribution is -0.139. The molecule has 202 valence electrons. The summed E-state index contributed by atoms with van der Waals surface area (Å²) in [6.45, 7) is 1.42. The van der Waals surface area contributed by atoms with Crippen LogP contribution in [0.25, 0.3) is 0 Å². The first-order valence-corrected chi connectivity index (χ1v) is 13.5. The average Bonchev–Trinajstić information content (AvgIpc) is 2.90. The van der Waals surface area contributed by atoms with E-state index < -0.39 is 34.5 Å². The molecule has 2 amide bonds. The molecule has 0 aromatic heterocycles. The van der Waals surface area contributed by atoms with Gasteiger partial charge in [-0.25, -0.2) is 8.70 Å². The number of aryl methyl sites for hydroxylation is 1. The highest BCUT2D eigenvalue weighted by molar-refractivity contribution is 7.90. The number of nitrogens with zero attached hydrogens (tertiary/aromatic N) is 3. The summed E-state index contributed by atoms with van der Waals surface area (Å²) in [6, 6.07) is 20.8. The van der Waals surface area contributed by atoms with Gasteiger partial charge in [0.05, 0.1) is 5.69 Å². The third-order valence-corrected chi connectivity index (χ3v) is 8.07. The summed E-state index contributed by atoms with van der Waals surface area (Å²) in [5, 5.41) is 2.65. The van der Waals surface area contributed by atoms with Crippen molar-refractivity contribution in [1.82, 2.24) is 14.5 Å². The van der Waals surface area contributed by atoms with Crippen LogP contribution in [0.1, 0.15) is 16.7 Å². The highest BCUT2D eigenvalue weighted by atomic mass is 32.2. The quantitative estimate of drug-likeness (QED) is 0.405. The van der Waals surface area contributed by atoms with E-state index in [1.165, 1.54) is 38.2 Å². The first-order chi connectivity index (χ1) is 18.0. The summed E-state index contributed by atoms with van der Waals surface area (Å²) >= 11 is 0. The minimum Gasteiger partial charge on any atom is -0.357 e. The summed E-state index contributed by atoms with van der Waals surface area (Å²) in [6.07, 6.45) is 0.231. The number of hydrogen-bond acceptors (Lipinski definition) is 4. The normalized spacial score (nSPS) is 12.2. The monoisotopic (exact) mass is 540 g/mol. The minimum atomic E-state index is -4.13. The number of amides is 2. The number of hydrogen-bond donors (Lipinski definition) is 1. The second-order valence-electron chi connectivity index (χ2n) is 9.04. The molecule has 3 aromatic carbocycles. The zero-order valence-electron chi connectivity index (χ0n) is 22.0. The molecule has 0 saturated carbocycles. The van der Waals surface area contributed by atoms with Crippen LogP contribution >= 0.6 is 0 Å². The lowest BCUT2D eigenvalue weighted by atomic mass is 10.0. The maximum absolute atomic E-state index is 14.0. The van der Waals surface area contributed by atoms with E-state index in [4.69, 9.17) is 0 Å². The number of likely N-dealkylation sites (N-methyl/N-ethyl adjacent to an activating group) is 1. The van der Waals surface area contributed by atoms with Gasteiger partial charge >= 0.3 is 10.2 Å². The number of anilines is 1. The molecule has 0 radical (unpaired) electrons. The van der Waals surface area contributed by atoms with E-state index in [1.807, 2.05) is 61.5 Å². The Kier molecular flexibility index (Phi) is 9.60. The first kappa shape index (κ1) is 28.8. The molecule has 38 heavy (non-hydrogen) atoms. The molecule has 0 bridgehead atoms. The smallest absolute Gasteiger partial charge is 0.304 e. The van der Waals surface area contributed by atoms with E-state index in [-0.39, 0.29) is 24.6 Å². The molecule has 0 spiro atoms. The molecule has 1 atom stereocenters. The Bertz CT molecular complexity index is 1350. The van der Waals surface area contributed by atoms with Gasteiger partial charge in [-0.05, 0) is 47.9 Å². The van der Waals surface area contributed by atoms with E-state index >= 15 is 0 Å². The van der Waals surface area contributed by atoms with Crippen LogP contribution in [-0.2, 0) is 32.8 Å². The summed E-state index contributed by atoms with van der Waals surface area (Å²) in [5.41, 5.74) is 2.73. The Balaban J connectivity index is 2.07. The zero-order chi connectivity index (χ0) is 27.9. The molecule has 0 aliphatic carbocycles. The maximum atomic E-state index is 14.0. The number of rotatable bonds is 11. The predicted octanol–water partition coefficient (Wildman–Crippen LogP) is 3.13. The van der Waals surface area contributed by atoms with Crippen molar-refractivity contribution in [1.29, 1.82) is 0 Å². The van der Waals surface area contributed by atoms with E-state index in [1.54, 1.807) is 0 Å². The predicted molar refractivity (Wildman–Crippen MR) is 146 cm³/mol.